The molecule has 1 aliphatic rings. The Morgan fingerprint density at radius 3 is 2.67 bits per heavy atom. The molecular weight excluding hydrogens is 464 g/mol. The third-order valence-corrected chi connectivity index (χ3v) is 7.03. The van der Waals surface area contributed by atoms with Crippen molar-refractivity contribution < 1.29 is 19.5 Å². The molecule has 1 aromatic heterocycles. The zero-order valence-electron chi connectivity index (χ0n) is 17.8. The van der Waals surface area contributed by atoms with E-state index in [4.69, 9.17) is 11.6 Å². The fraction of sp³-hybridized carbons (Fsp3) is 0.304. The molecule has 3 aromatic rings. The molecule has 10 heteroatoms. The first-order chi connectivity index (χ1) is 15.8. The SMILES string of the molecule is C[C@H](NC(=O)[C@H]1C[C@H](c2ccccc2)CN1C(=O)O)C(=O)NCc1nc2c(Cl)cccc2s1. The van der Waals surface area contributed by atoms with Crippen molar-refractivity contribution in [3.8, 4) is 0 Å². The smallest absolute Gasteiger partial charge is 0.408 e. The average molecular weight is 487 g/mol. The number of hydrogen-bond acceptors (Lipinski definition) is 5. The van der Waals surface area contributed by atoms with Gasteiger partial charge in [-0.05, 0) is 31.0 Å². The second-order valence-corrected chi connectivity index (χ2v) is 9.46. The van der Waals surface area contributed by atoms with Crippen LogP contribution in [0.3, 0.4) is 0 Å². The highest BCUT2D eigenvalue weighted by atomic mass is 35.5. The van der Waals surface area contributed by atoms with Crippen LogP contribution in [0.4, 0.5) is 4.79 Å². The molecule has 8 nitrogen and oxygen atoms in total. The monoisotopic (exact) mass is 486 g/mol. The Kier molecular flexibility index (Phi) is 6.80. The van der Waals surface area contributed by atoms with Gasteiger partial charge in [0.25, 0.3) is 0 Å². The first-order valence-corrected chi connectivity index (χ1v) is 11.7. The summed E-state index contributed by atoms with van der Waals surface area (Å²) in [6.07, 6.45) is -0.789. The zero-order valence-corrected chi connectivity index (χ0v) is 19.4. The number of hydrogen-bond donors (Lipinski definition) is 3. The van der Waals surface area contributed by atoms with Crippen molar-refractivity contribution >= 4 is 51.1 Å². The van der Waals surface area contributed by atoms with E-state index in [1.807, 2.05) is 42.5 Å². The summed E-state index contributed by atoms with van der Waals surface area (Å²) < 4.78 is 0.927. The molecule has 2 aromatic carbocycles. The number of nitrogens with zero attached hydrogens (tertiary/aromatic N) is 2. The first kappa shape index (κ1) is 23.0. The Morgan fingerprint density at radius 1 is 1.21 bits per heavy atom. The molecule has 1 aliphatic heterocycles. The lowest BCUT2D eigenvalue weighted by molar-refractivity contribution is -0.130. The summed E-state index contributed by atoms with van der Waals surface area (Å²) in [6.45, 7) is 2.00. The molecule has 33 heavy (non-hydrogen) atoms. The van der Waals surface area contributed by atoms with Gasteiger partial charge in [-0.1, -0.05) is 48.0 Å². The van der Waals surface area contributed by atoms with E-state index in [2.05, 4.69) is 15.6 Å². The van der Waals surface area contributed by atoms with Gasteiger partial charge in [-0.15, -0.1) is 11.3 Å². The van der Waals surface area contributed by atoms with Crippen molar-refractivity contribution in [1.82, 2.24) is 20.5 Å². The molecule has 0 unspecified atom stereocenters. The van der Waals surface area contributed by atoms with E-state index in [1.54, 1.807) is 13.0 Å². The molecule has 0 bridgehead atoms. The quantitative estimate of drug-likeness (QED) is 0.493. The average Bonchev–Trinajstić information content (AvgIpc) is 3.43. The number of carbonyl (C=O) groups is 3. The van der Waals surface area contributed by atoms with Crippen LogP contribution in [-0.2, 0) is 16.1 Å². The predicted octanol–water partition coefficient (Wildman–Crippen LogP) is 3.61. The van der Waals surface area contributed by atoms with Crippen LogP contribution in [-0.4, -0.2) is 51.5 Å². The van der Waals surface area contributed by atoms with Gasteiger partial charge >= 0.3 is 6.09 Å². The Morgan fingerprint density at radius 2 is 1.97 bits per heavy atom. The van der Waals surface area contributed by atoms with Crippen molar-refractivity contribution in [2.75, 3.05) is 6.54 Å². The first-order valence-electron chi connectivity index (χ1n) is 10.5. The van der Waals surface area contributed by atoms with Gasteiger partial charge < -0.3 is 15.7 Å². The van der Waals surface area contributed by atoms with Gasteiger partial charge in [-0.25, -0.2) is 9.78 Å². The lowest BCUT2D eigenvalue weighted by atomic mass is 9.96. The number of benzene rings is 2. The third-order valence-electron chi connectivity index (χ3n) is 5.70. The molecule has 1 fully saturated rings. The number of likely N-dealkylation sites (tertiary alicyclic amines) is 1. The van der Waals surface area contributed by atoms with Gasteiger partial charge in [0, 0.05) is 12.5 Å². The number of para-hydroxylation sites is 1. The highest BCUT2D eigenvalue weighted by Crippen LogP contribution is 2.32. The number of halogens is 1. The van der Waals surface area contributed by atoms with E-state index in [1.165, 1.54) is 11.3 Å². The largest absolute Gasteiger partial charge is 0.465 e. The van der Waals surface area contributed by atoms with E-state index in [-0.39, 0.29) is 24.9 Å². The molecule has 0 saturated carbocycles. The minimum absolute atomic E-state index is 0.0759. The topological polar surface area (TPSA) is 112 Å². The maximum Gasteiger partial charge on any atom is 0.408 e. The van der Waals surface area contributed by atoms with E-state index >= 15 is 0 Å². The minimum Gasteiger partial charge on any atom is -0.465 e. The van der Waals surface area contributed by atoms with Crippen LogP contribution in [0, 0.1) is 0 Å². The second-order valence-electron chi connectivity index (χ2n) is 7.94. The number of fused-ring (bicyclic) bond motifs is 1. The number of nitrogens with one attached hydrogen (secondary N) is 2. The maximum atomic E-state index is 12.9. The molecule has 3 N–H and O–H groups in total. The highest BCUT2D eigenvalue weighted by Gasteiger charge is 2.40. The standard InChI is InChI=1S/C23H23ClN4O4S/c1-13(21(29)25-11-19-27-20-16(24)8-5-9-18(20)33-19)26-22(30)17-10-15(12-28(17)23(31)32)14-6-3-2-4-7-14/h2-9,13,15,17H,10-12H2,1H3,(H,25,29)(H,26,30)(H,31,32)/t13-,15-,17+/m0/s1. The Hall–Kier alpha value is -3.17. The van der Waals surface area contributed by atoms with Gasteiger partial charge in [0.05, 0.1) is 16.3 Å². The van der Waals surface area contributed by atoms with Crippen molar-refractivity contribution in [3.63, 3.8) is 0 Å². The predicted molar refractivity (Wildman–Crippen MR) is 126 cm³/mol. The van der Waals surface area contributed by atoms with Crippen LogP contribution in [0.5, 0.6) is 0 Å². The van der Waals surface area contributed by atoms with Crippen LogP contribution in [0.25, 0.3) is 10.2 Å². The van der Waals surface area contributed by atoms with Gasteiger partial charge in [0.2, 0.25) is 11.8 Å². The van der Waals surface area contributed by atoms with Gasteiger partial charge in [0.1, 0.15) is 22.6 Å². The summed E-state index contributed by atoms with van der Waals surface area (Å²) in [6, 6.07) is 13.3. The molecule has 3 amide bonds. The zero-order chi connectivity index (χ0) is 23.5. The van der Waals surface area contributed by atoms with Crippen molar-refractivity contribution in [2.45, 2.75) is 37.9 Å². The Labute approximate surface area is 199 Å². The number of carboxylic acid groups (broad SMARTS) is 1. The Balaban J connectivity index is 1.35. The fourth-order valence-corrected chi connectivity index (χ4v) is 5.20. The van der Waals surface area contributed by atoms with Crippen LogP contribution in [0.1, 0.15) is 29.8 Å². The van der Waals surface area contributed by atoms with Crippen LogP contribution in [0.2, 0.25) is 5.02 Å². The summed E-state index contributed by atoms with van der Waals surface area (Å²) in [4.78, 5) is 42.7. The minimum atomic E-state index is -1.15. The molecule has 3 atom stereocenters. The highest BCUT2D eigenvalue weighted by molar-refractivity contribution is 7.18. The molecule has 4 rings (SSSR count). The number of amides is 3. The van der Waals surface area contributed by atoms with Crippen molar-refractivity contribution in [3.05, 3.63) is 64.1 Å². The van der Waals surface area contributed by atoms with Gasteiger partial charge in [-0.3, -0.25) is 14.5 Å². The third kappa shape index (κ3) is 5.09. The van der Waals surface area contributed by atoms with Crippen molar-refractivity contribution in [2.24, 2.45) is 0 Å². The van der Waals surface area contributed by atoms with Crippen LogP contribution < -0.4 is 10.6 Å². The maximum absolute atomic E-state index is 12.9. The summed E-state index contributed by atoms with van der Waals surface area (Å²) in [5, 5.41) is 16.3. The lowest BCUT2D eigenvalue weighted by Crippen LogP contribution is -2.51. The molecule has 0 radical (unpaired) electrons. The summed E-state index contributed by atoms with van der Waals surface area (Å²) in [7, 11) is 0. The molecule has 0 spiro atoms. The van der Waals surface area contributed by atoms with E-state index in [0.29, 0.717) is 22.0 Å². The van der Waals surface area contributed by atoms with Crippen LogP contribution >= 0.6 is 22.9 Å². The second kappa shape index (κ2) is 9.76. The van der Waals surface area contributed by atoms with E-state index < -0.39 is 24.1 Å². The molecule has 1 saturated heterocycles. The lowest BCUT2D eigenvalue weighted by Gasteiger charge is -2.22. The summed E-state index contributed by atoms with van der Waals surface area (Å²) in [5.74, 6) is -0.938. The van der Waals surface area contributed by atoms with Crippen molar-refractivity contribution in [1.29, 1.82) is 0 Å². The van der Waals surface area contributed by atoms with Gasteiger partial charge in [0.15, 0.2) is 0 Å². The van der Waals surface area contributed by atoms with E-state index in [9.17, 15) is 19.5 Å². The van der Waals surface area contributed by atoms with Crippen LogP contribution in [0.15, 0.2) is 48.5 Å². The molecule has 172 valence electrons. The normalized spacial score (nSPS) is 18.8. The van der Waals surface area contributed by atoms with Gasteiger partial charge in [-0.2, -0.15) is 0 Å². The number of carbonyl (C=O) groups excluding carboxylic acids is 2. The number of rotatable bonds is 6. The molecule has 0 aliphatic carbocycles. The summed E-state index contributed by atoms with van der Waals surface area (Å²) >= 11 is 7.58. The Bertz CT molecular complexity index is 1190. The van der Waals surface area contributed by atoms with E-state index in [0.717, 1.165) is 15.2 Å². The molecular formula is C23H23ClN4O4S. The summed E-state index contributed by atoms with van der Waals surface area (Å²) in [5.41, 5.74) is 1.68. The fourth-order valence-electron chi connectivity index (χ4n) is 3.99. The number of aromatic nitrogens is 1. The molecule has 2 heterocycles. The number of thiazole rings is 1.